The van der Waals surface area contributed by atoms with E-state index in [1.54, 1.807) is 13.2 Å². The fourth-order valence-corrected chi connectivity index (χ4v) is 4.89. The highest BCUT2D eigenvalue weighted by atomic mass is 16.5. The summed E-state index contributed by atoms with van der Waals surface area (Å²) in [5, 5.41) is 0.857. The van der Waals surface area contributed by atoms with E-state index in [4.69, 9.17) is 9.15 Å². The van der Waals surface area contributed by atoms with E-state index in [1.807, 2.05) is 58.3 Å². The number of fused-ring (bicyclic) bond motifs is 1. The van der Waals surface area contributed by atoms with Crippen LogP contribution in [0.3, 0.4) is 0 Å². The number of amides is 2. The zero-order valence-corrected chi connectivity index (χ0v) is 18.7. The van der Waals surface area contributed by atoms with Gasteiger partial charge in [0.2, 0.25) is 0 Å². The number of methoxy groups -OCH3 is 1. The average molecular weight is 443 g/mol. The van der Waals surface area contributed by atoms with Gasteiger partial charge in [0.05, 0.1) is 7.11 Å². The van der Waals surface area contributed by atoms with Crippen molar-refractivity contribution in [1.82, 2.24) is 9.80 Å². The summed E-state index contributed by atoms with van der Waals surface area (Å²) in [6.45, 7) is 2.74. The summed E-state index contributed by atoms with van der Waals surface area (Å²) >= 11 is 0. The second kappa shape index (κ2) is 8.67. The van der Waals surface area contributed by atoms with Crippen LogP contribution < -0.4 is 4.74 Å². The minimum Gasteiger partial charge on any atom is -0.493 e. The largest absolute Gasteiger partial charge is 0.493 e. The van der Waals surface area contributed by atoms with E-state index in [0.717, 1.165) is 30.2 Å². The maximum Gasteiger partial charge on any atom is 0.298 e. The molecule has 0 saturated carbocycles. The molecule has 2 amide bonds. The molecule has 3 aromatic rings. The van der Waals surface area contributed by atoms with Gasteiger partial charge in [0.1, 0.15) is 0 Å². The van der Waals surface area contributed by atoms with Crippen molar-refractivity contribution < 1.29 is 18.7 Å². The van der Waals surface area contributed by atoms with Gasteiger partial charge in [-0.2, -0.15) is 0 Å². The number of benzene rings is 2. The van der Waals surface area contributed by atoms with Crippen LogP contribution >= 0.6 is 0 Å². The van der Waals surface area contributed by atoms with Crippen molar-refractivity contribution in [2.24, 2.45) is 5.41 Å². The van der Waals surface area contributed by atoms with Gasteiger partial charge < -0.3 is 19.0 Å². The van der Waals surface area contributed by atoms with Crippen molar-refractivity contribution >= 4 is 22.8 Å². The molecule has 168 valence electrons. The molecule has 2 aliphatic rings. The standard InChI is InChI=1S/C27H26N2O4/c1-32-22-9-5-8-21-18-23(33-25(21)22)26(31)29-17-14-27(19-29)12-15-28(16-13-27)24(30)11-10-20-6-3-2-4-7-20/h2-9,18H,12-17,19H2,1H3. The molecule has 33 heavy (non-hydrogen) atoms. The summed E-state index contributed by atoms with van der Waals surface area (Å²) < 4.78 is 11.2. The Hall–Kier alpha value is -3.72. The average Bonchev–Trinajstić information content (AvgIpc) is 3.48. The predicted molar refractivity (Wildman–Crippen MR) is 125 cm³/mol. The van der Waals surface area contributed by atoms with Gasteiger partial charge in [-0.3, -0.25) is 9.59 Å². The number of likely N-dealkylation sites (tertiary alicyclic amines) is 2. The number of para-hydroxylation sites is 1. The van der Waals surface area contributed by atoms with E-state index in [9.17, 15) is 9.59 Å². The molecule has 3 heterocycles. The summed E-state index contributed by atoms with van der Waals surface area (Å²) in [6, 6.07) is 17.0. The Morgan fingerprint density at radius 3 is 2.42 bits per heavy atom. The van der Waals surface area contributed by atoms with Crippen molar-refractivity contribution in [2.45, 2.75) is 19.3 Å². The van der Waals surface area contributed by atoms with Crippen molar-refractivity contribution in [1.29, 1.82) is 0 Å². The van der Waals surface area contributed by atoms with Crippen LogP contribution in [0.2, 0.25) is 0 Å². The van der Waals surface area contributed by atoms with Gasteiger partial charge in [-0.25, -0.2) is 0 Å². The lowest BCUT2D eigenvalue weighted by Gasteiger charge is -2.38. The monoisotopic (exact) mass is 442 g/mol. The number of furan rings is 1. The lowest BCUT2D eigenvalue weighted by atomic mass is 9.78. The Morgan fingerprint density at radius 2 is 1.70 bits per heavy atom. The van der Waals surface area contributed by atoms with Gasteiger partial charge in [-0.05, 0) is 48.9 Å². The predicted octanol–water partition coefficient (Wildman–Crippen LogP) is 3.95. The topological polar surface area (TPSA) is 63.0 Å². The Bertz CT molecular complexity index is 1240. The van der Waals surface area contributed by atoms with Crippen LogP contribution in [0.25, 0.3) is 11.0 Å². The minimum atomic E-state index is -0.129. The summed E-state index contributed by atoms with van der Waals surface area (Å²) in [6.07, 6.45) is 2.70. The van der Waals surface area contributed by atoms with Gasteiger partial charge in [-0.1, -0.05) is 36.3 Å². The zero-order valence-electron chi connectivity index (χ0n) is 18.7. The summed E-state index contributed by atoms with van der Waals surface area (Å²) in [7, 11) is 1.59. The summed E-state index contributed by atoms with van der Waals surface area (Å²) in [4.78, 5) is 29.4. The number of ether oxygens (including phenoxy) is 1. The zero-order chi connectivity index (χ0) is 22.8. The molecule has 0 aliphatic carbocycles. The lowest BCUT2D eigenvalue weighted by molar-refractivity contribution is -0.127. The van der Waals surface area contributed by atoms with Gasteiger partial charge >= 0.3 is 0 Å². The molecule has 1 aromatic heterocycles. The number of carbonyl (C=O) groups is 2. The first-order valence-corrected chi connectivity index (χ1v) is 11.3. The Kier molecular flexibility index (Phi) is 5.55. The Balaban J connectivity index is 1.21. The first kappa shape index (κ1) is 21.1. The molecular formula is C27H26N2O4. The second-order valence-corrected chi connectivity index (χ2v) is 8.87. The van der Waals surface area contributed by atoms with Crippen molar-refractivity contribution in [2.75, 3.05) is 33.3 Å². The molecule has 6 nitrogen and oxygen atoms in total. The van der Waals surface area contributed by atoms with E-state index < -0.39 is 0 Å². The fraction of sp³-hybridized carbons (Fsp3) is 0.333. The molecule has 0 unspecified atom stereocenters. The SMILES string of the molecule is COc1cccc2cc(C(=O)N3CCC4(CCN(C(=O)C#Cc5ccccc5)CC4)C3)oc12. The molecule has 0 bridgehead atoms. The number of hydrogen-bond donors (Lipinski definition) is 0. The maximum absolute atomic E-state index is 13.1. The quantitative estimate of drug-likeness (QED) is 0.564. The fourth-order valence-electron chi connectivity index (χ4n) is 4.89. The third kappa shape index (κ3) is 4.19. The molecule has 1 spiro atoms. The highest BCUT2D eigenvalue weighted by molar-refractivity contribution is 5.97. The molecule has 0 atom stereocenters. The first-order valence-electron chi connectivity index (χ1n) is 11.3. The maximum atomic E-state index is 13.1. The van der Waals surface area contributed by atoms with Gasteiger partial charge in [0.25, 0.3) is 11.8 Å². The number of rotatable bonds is 2. The van der Waals surface area contributed by atoms with Crippen LogP contribution in [0.5, 0.6) is 5.75 Å². The number of carbonyl (C=O) groups excluding carboxylic acids is 2. The van der Waals surface area contributed by atoms with E-state index >= 15 is 0 Å². The minimum absolute atomic E-state index is 0.0585. The van der Waals surface area contributed by atoms with E-state index in [-0.39, 0.29) is 17.2 Å². The number of nitrogens with zero attached hydrogens (tertiary/aromatic N) is 2. The lowest BCUT2D eigenvalue weighted by Crippen LogP contribution is -2.44. The van der Waals surface area contributed by atoms with Gasteiger partial charge in [-0.15, -0.1) is 0 Å². The molecule has 2 aliphatic heterocycles. The Morgan fingerprint density at radius 1 is 0.970 bits per heavy atom. The van der Waals surface area contributed by atoms with Crippen LogP contribution in [0.1, 0.15) is 35.4 Å². The third-order valence-corrected chi connectivity index (χ3v) is 6.86. The van der Waals surface area contributed by atoms with E-state index in [0.29, 0.717) is 43.3 Å². The molecule has 5 rings (SSSR count). The smallest absolute Gasteiger partial charge is 0.298 e. The van der Waals surface area contributed by atoms with Crippen LogP contribution in [-0.2, 0) is 4.79 Å². The van der Waals surface area contributed by atoms with E-state index in [2.05, 4.69) is 11.8 Å². The van der Waals surface area contributed by atoms with Crippen LogP contribution in [0.15, 0.2) is 59.0 Å². The molecule has 2 aromatic carbocycles. The first-order chi connectivity index (χ1) is 16.1. The molecule has 0 N–H and O–H groups in total. The summed E-state index contributed by atoms with van der Waals surface area (Å²) in [5.74, 6) is 6.47. The van der Waals surface area contributed by atoms with Crippen LogP contribution in [0.4, 0.5) is 0 Å². The van der Waals surface area contributed by atoms with Gasteiger partial charge in [0, 0.05) is 43.0 Å². The second-order valence-electron chi connectivity index (χ2n) is 8.87. The van der Waals surface area contributed by atoms with Crippen molar-refractivity contribution in [3.63, 3.8) is 0 Å². The molecule has 6 heteroatoms. The number of piperidine rings is 1. The highest BCUT2D eigenvalue weighted by Gasteiger charge is 2.43. The molecular weight excluding hydrogens is 416 g/mol. The number of hydrogen-bond acceptors (Lipinski definition) is 4. The van der Waals surface area contributed by atoms with E-state index in [1.165, 1.54) is 0 Å². The molecule has 2 fully saturated rings. The third-order valence-electron chi connectivity index (χ3n) is 6.86. The highest BCUT2D eigenvalue weighted by Crippen LogP contribution is 2.41. The normalized spacial score (nSPS) is 17.1. The van der Waals surface area contributed by atoms with Crippen molar-refractivity contribution in [3.05, 3.63) is 65.9 Å². The van der Waals surface area contributed by atoms with Gasteiger partial charge in [0.15, 0.2) is 17.1 Å². The van der Waals surface area contributed by atoms with Crippen molar-refractivity contribution in [3.8, 4) is 17.6 Å². The Labute approximate surface area is 193 Å². The van der Waals surface area contributed by atoms with Crippen LogP contribution in [0, 0.1) is 17.3 Å². The molecule has 0 radical (unpaired) electrons. The molecule has 2 saturated heterocycles. The van der Waals surface area contributed by atoms with Crippen LogP contribution in [-0.4, -0.2) is 54.9 Å². The summed E-state index contributed by atoms with van der Waals surface area (Å²) in [5.41, 5.74) is 1.50.